The highest BCUT2D eigenvalue weighted by atomic mass is 127. The van der Waals surface area contributed by atoms with Crippen molar-refractivity contribution >= 4 is 22.6 Å². The van der Waals surface area contributed by atoms with Crippen LogP contribution in [0.5, 0.6) is 5.88 Å². The molecule has 0 fully saturated rings. The monoisotopic (exact) mass is 324 g/mol. The zero-order chi connectivity index (χ0) is 11.6. The molecule has 0 saturated carbocycles. The maximum Gasteiger partial charge on any atom is 0.246 e. The van der Waals surface area contributed by atoms with E-state index in [1.54, 1.807) is 18.5 Å². The Labute approximate surface area is 104 Å². The standard InChI is InChI=1S/C10H17IN2O2/c1-5-15-9-8(11)7(2)13(12-9)6-10(3,4)14/h14H,5-6H2,1-4H3. The molecule has 0 aromatic carbocycles. The molecular formula is C10H17IN2O2. The maximum absolute atomic E-state index is 9.72. The third-order valence-corrected chi connectivity index (χ3v) is 3.16. The summed E-state index contributed by atoms with van der Waals surface area (Å²) >= 11 is 2.21. The molecule has 0 aliphatic carbocycles. The van der Waals surface area contributed by atoms with Gasteiger partial charge in [0, 0.05) is 0 Å². The molecular weight excluding hydrogens is 307 g/mol. The van der Waals surface area contributed by atoms with E-state index in [4.69, 9.17) is 4.74 Å². The Morgan fingerprint density at radius 3 is 2.60 bits per heavy atom. The maximum atomic E-state index is 9.72. The van der Waals surface area contributed by atoms with E-state index in [2.05, 4.69) is 27.7 Å². The summed E-state index contributed by atoms with van der Waals surface area (Å²) in [5, 5.41) is 14.0. The topological polar surface area (TPSA) is 47.3 Å². The summed E-state index contributed by atoms with van der Waals surface area (Å²) in [4.78, 5) is 0. The quantitative estimate of drug-likeness (QED) is 0.862. The van der Waals surface area contributed by atoms with Crippen LogP contribution in [-0.2, 0) is 6.54 Å². The zero-order valence-electron chi connectivity index (χ0n) is 9.54. The van der Waals surface area contributed by atoms with E-state index in [9.17, 15) is 5.11 Å². The molecule has 1 aromatic heterocycles. The van der Waals surface area contributed by atoms with Gasteiger partial charge >= 0.3 is 0 Å². The van der Waals surface area contributed by atoms with E-state index < -0.39 is 5.60 Å². The fourth-order valence-corrected chi connectivity index (χ4v) is 1.79. The summed E-state index contributed by atoms with van der Waals surface area (Å²) < 4.78 is 8.19. The van der Waals surface area contributed by atoms with Crippen LogP contribution in [0.25, 0.3) is 0 Å². The molecule has 1 rings (SSSR count). The summed E-state index contributed by atoms with van der Waals surface area (Å²) in [5.74, 6) is 0.653. The number of nitrogens with zero attached hydrogens (tertiary/aromatic N) is 2. The van der Waals surface area contributed by atoms with Crippen molar-refractivity contribution < 1.29 is 9.84 Å². The van der Waals surface area contributed by atoms with Crippen molar-refractivity contribution in [1.82, 2.24) is 9.78 Å². The first-order valence-corrected chi connectivity index (χ1v) is 6.01. The molecule has 0 amide bonds. The molecule has 86 valence electrons. The van der Waals surface area contributed by atoms with Gasteiger partial charge in [0.15, 0.2) is 0 Å². The van der Waals surface area contributed by atoms with Crippen LogP contribution in [-0.4, -0.2) is 27.1 Å². The van der Waals surface area contributed by atoms with E-state index in [0.29, 0.717) is 19.0 Å². The SMILES string of the molecule is CCOc1nn(CC(C)(C)O)c(C)c1I. The van der Waals surface area contributed by atoms with Crippen LogP contribution in [0.1, 0.15) is 26.5 Å². The molecule has 1 aromatic rings. The van der Waals surface area contributed by atoms with E-state index in [1.165, 1.54) is 0 Å². The van der Waals surface area contributed by atoms with Gasteiger partial charge in [-0.15, -0.1) is 5.10 Å². The predicted octanol–water partition coefficient (Wildman–Crippen LogP) is 1.97. The van der Waals surface area contributed by atoms with Gasteiger partial charge in [0.1, 0.15) is 0 Å². The van der Waals surface area contributed by atoms with Crippen molar-refractivity contribution in [2.75, 3.05) is 6.61 Å². The first-order chi connectivity index (χ1) is 6.85. The van der Waals surface area contributed by atoms with Crippen molar-refractivity contribution in [3.8, 4) is 5.88 Å². The van der Waals surface area contributed by atoms with Crippen LogP contribution in [0, 0.1) is 10.5 Å². The largest absolute Gasteiger partial charge is 0.476 e. The van der Waals surface area contributed by atoms with Crippen LogP contribution < -0.4 is 4.74 Å². The molecule has 1 N–H and O–H groups in total. The highest BCUT2D eigenvalue weighted by molar-refractivity contribution is 14.1. The smallest absolute Gasteiger partial charge is 0.246 e. The fraction of sp³-hybridized carbons (Fsp3) is 0.700. The van der Waals surface area contributed by atoms with E-state index in [1.807, 2.05) is 13.8 Å². The molecule has 0 bridgehead atoms. The van der Waals surface area contributed by atoms with Crippen molar-refractivity contribution in [3.63, 3.8) is 0 Å². The summed E-state index contributed by atoms with van der Waals surface area (Å²) in [7, 11) is 0. The lowest BCUT2D eigenvalue weighted by molar-refractivity contribution is 0.0566. The normalized spacial score (nSPS) is 11.9. The Hall–Kier alpha value is -0.300. The van der Waals surface area contributed by atoms with Gasteiger partial charge in [0.25, 0.3) is 0 Å². The lowest BCUT2D eigenvalue weighted by atomic mass is 10.1. The molecule has 0 aliphatic heterocycles. The Kier molecular flexibility index (Phi) is 3.99. The number of hydrogen-bond donors (Lipinski definition) is 1. The molecule has 4 nitrogen and oxygen atoms in total. The molecule has 0 aliphatic rings. The first kappa shape index (κ1) is 12.8. The minimum atomic E-state index is -0.761. The number of ether oxygens (including phenoxy) is 1. The number of halogens is 1. The third-order valence-electron chi connectivity index (χ3n) is 1.92. The van der Waals surface area contributed by atoms with E-state index in [0.717, 1.165) is 9.26 Å². The second-order valence-corrected chi connectivity index (χ2v) is 5.19. The molecule has 0 unspecified atom stereocenters. The number of aromatic nitrogens is 2. The molecule has 0 spiro atoms. The van der Waals surface area contributed by atoms with Gasteiger partial charge in [-0.25, -0.2) is 0 Å². The van der Waals surface area contributed by atoms with E-state index >= 15 is 0 Å². The lowest BCUT2D eigenvalue weighted by Gasteiger charge is -2.17. The third kappa shape index (κ3) is 3.34. The molecule has 0 atom stereocenters. The van der Waals surface area contributed by atoms with Crippen LogP contribution in [0.15, 0.2) is 0 Å². The summed E-state index contributed by atoms with van der Waals surface area (Å²) in [6.45, 7) is 8.52. The Morgan fingerprint density at radius 1 is 1.53 bits per heavy atom. The average Bonchev–Trinajstić information content (AvgIpc) is 2.32. The molecule has 15 heavy (non-hydrogen) atoms. The minimum absolute atomic E-state index is 0.474. The second kappa shape index (κ2) is 4.69. The van der Waals surface area contributed by atoms with Crippen molar-refractivity contribution in [2.24, 2.45) is 0 Å². The predicted molar refractivity (Wildman–Crippen MR) is 67.1 cm³/mol. The average molecular weight is 324 g/mol. The fourth-order valence-electron chi connectivity index (χ4n) is 1.25. The van der Waals surface area contributed by atoms with Gasteiger partial charge in [-0.1, -0.05) is 0 Å². The number of hydrogen-bond acceptors (Lipinski definition) is 3. The van der Waals surface area contributed by atoms with Crippen molar-refractivity contribution in [3.05, 3.63) is 9.26 Å². The van der Waals surface area contributed by atoms with Gasteiger partial charge in [0.2, 0.25) is 5.88 Å². The molecule has 1 heterocycles. The molecule has 5 heteroatoms. The van der Waals surface area contributed by atoms with Crippen LogP contribution in [0.4, 0.5) is 0 Å². The first-order valence-electron chi connectivity index (χ1n) is 4.93. The van der Waals surface area contributed by atoms with Gasteiger partial charge in [-0.3, -0.25) is 4.68 Å². The van der Waals surface area contributed by atoms with Crippen molar-refractivity contribution in [1.29, 1.82) is 0 Å². The van der Waals surface area contributed by atoms with Crippen LogP contribution in [0.3, 0.4) is 0 Å². The number of rotatable bonds is 4. The highest BCUT2D eigenvalue weighted by Gasteiger charge is 2.19. The Bertz CT molecular complexity index is 342. The van der Waals surface area contributed by atoms with Crippen LogP contribution in [0.2, 0.25) is 0 Å². The summed E-state index contributed by atoms with van der Waals surface area (Å²) in [5.41, 5.74) is 0.268. The van der Waals surface area contributed by atoms with Gasteiger partial charge in [-0.05, 0) is 50.3 Å². The number of aliphatic hydroxyl groups is 1. The second-order valence-electron chi connectivity index (χ2n) is 4.11. The van der Waals surface area contributed by atoms with Gasteiger partial charge in [-0.2, -0.15) is 0 Å². The lowest BCUT2D eigenvalue weighted by Crippen LogP contribution is -2.27. The molecule has 0 radical (unpaired) electrons. The highest BCUT2D eigenvalue weighted by Crippen LogP contribution is 2.24. The molecule has 0 saturated heterocycles. The van der Waals surface area contributed by atoms with E-state index in [-0.39, 0.29) is 0 Å². The van der Waals surface area contributed by atoms with Crippen molar-refractivity contribution in [2.45, 2.75) is 39.8 Å². The Balaban J connectivity index is 2.95. The minimum Gasteiger partial charge on any atom is -0.476 e. The Morgan fingerprint density at radius 2 is 2.13 bits per heavy atom. The zero-order valence-corrected chi connectivity index (χ0v) is 11.7. The summed E-state index contributed by atoms with van der Waals surface area (Å²) in [6, 6.07) is 0. The van der Waals surface area contributed by atoms with Crippen LogP contribution >= 0.6 is 22.6 Å². The van der Waals surface area contributed by atoms with Gasteiger partial charge in [0.05, 0.1) is 28.0 Å². The summed E-state index contributed by atoms with van der Waals surface area (Å²) in [6.07, 6.45) is 0. The van der Waals surface area contributed by atoms with Gasteiger partial charge < -0.3 is 9.84 Å².